The topological polar surface area (TPSA) is 41.5 Å². The Labute approximate surface area is 180 Å². The van der Waals surface area contributed by atoms with Crippen LogP contribution in [0.15, 0.2) is 82.4 Å². The minimum atomic E-state index is -0.283. The Bertz CT molecular complexity index is 1010. The summed E-state index contributed by atoms with van der Waals surface area (Å²) in [5, 5.41) is 4.19. The summed E-state index contributed by atoms with van der Waals surface area (Å²) < 4.78 is 0.943. The predicted octanol–water partition coefficient (Wildman–Crippen LogP) is 5.52. The van der Waals surface area contributed by atoms with Crippen molar-refractivity contribution in [3.8, 4) is 0 Å². The third kappa shape index (κ3) is 3.90. The Morgan fingerprint density at radius 3 is 2.07 bits per heavy atom. The lowest BCUT2D eigenvalue weighted by molar-refractivity contribution is -0.122. The van der Waals surface area contributed by atoms with Gasteiger partial charge in [-0.2, -0.15) is 5.10 Å². The number of carbonyl (C=O) groups is 1. The van der Waals surface area contributed by atoms with E-state index in [0.29, 0.717) is 0 Å². The van der Waals surface area contributed by atoms with Gasteiger partial charge in [-0.1, -0.05) is 93.8 Å². The summed E-state index contributed by atoms with van der Waals surface area (Å²) in [7, 11) is 0. The normalized spacial score (nSPS) is 17.3. The summed E-state index contributed by atoms with van der Waals surface area (Å²) in [6.45, 7) is 4.16. The molecule has 1 unspecified atom stereocenters. The van der Waals surface area contributed by atoms with E-state index in [0.717, 1.165) is 16.5 Å². The van der Waals surface area contributed by atoms with Crippen LogP contribution in [0.1, 0.15) is 34.2 Å². The largest absolute Gasteiger partial charge is 0.273 e. The maximum absolute atomic E-state index is 12.9. The third-order valence-electron chi connectivity index (χ3n) is 5.69. The van der Waals surface area contributed by atoms with Gasteiger partial charge in [0.15, 0.2) is 0 Å². The molecule has 1 amide bonds. The molecule has 3 aromatic rings. The van der Waals surface area contributed by atoms with Gasteiger partial charge in [0.05, 0.1) is 12.1 Å². The van der Waals surface area contributed by atoms with E-state index in [4.69, 9.17) is 0 Å². The molecule has 0 aliphatic heterocycles. The van der Waals surface area contributed by atoms with Crippen LogP contribution in [-0.4, -0.2) is 12.1 Å². The van der Waals surface area contributed by atoms with Crippen molar-refractivity contribution in [2.45, 2.75) is 25.7 Å². The molecule has 0 spiro atoms. The third-order valence-corrected chi connectivity index (χ3v) is 6.42. The van der Waals surface area contributed by atoms with E-state index in [9.17, 15) is 4.79 Å². The first-order valence-corrected chi connectivity index (χ1v) is 10.5. The van der Waals surface area contributed by atoms with Gasteiger partial charge in [-0.05, 0) is 37.5 Å². The van der Waals surface area contributed by atoms with Crippen LogP contribution in [0.3, 0.4) is 0 Å². The van der Waals surface area contributed by atoms with Gasteiger partial charge in [0.2, 0.25) is 5.91 Å². The molecule has 146 valence electrons. The van der Waals surface area contributed by atoms with Gasteiger partial charge >= 0.3 is 0 Å². The standard InChI is InChI=1S/C25H23BrN2O/c1-17-7-11-20(12-8-17)25(21-13-9-18(2)10-14-21)15-22(25)24(29)28-27-16-19-5-3-4-6-23(19)26/h3-14,16,22H,15H2,1-2H3,(H,28,29). The summed E-state index contributed by atoms with van der Waals surface area (Å²) in [5.74, 6) is -0.182. The number of amides is 1. The quantitative estimate of drug-likeness (QED) is 0.406. The number of halogens is 1. The summed E-state index contributed by atoms with van der Waals surface area (Å²) >= 11 is 3.49. The van der Waals surface area contributed by atoms with Crippen LogP contribution in [0.4, 0.5) is 0 Å². The molecule has 3 nitrogen and oxygen atoms in total. The Kier molecular flexibility index (Phi) is 5.37. The van der Waals surface area contributed by atoms with E-state index in [1.165, 1.54) is 22.3 Å². The number of nitrogens with one attached hydrogen (secondary N) is 1. The monoisotopic (exact) mass is 446 g/mol. The fraction of sp³-hybridized carbons (Fsp3) is 0.200. The van der Waals surface area contributed by atoms with Crippen LogP contribution in [0.5, 0.6) is 0 Å². The number of rotatable bonds is 5. The summed E-state index contributed by atoms with van der Waals surface area (Å²) in [5.41, 5.74) is 8.18. The van der Waals surface area contributed by atoms with Gasteiger partial charge in [-0.15, -0.1) is 0 Å². The highest BCUT2D eigenvalue weighted by Gasteiger charge is 2.60. The molecule has 4 rings (SSSR count). The first-order valence-electron chi connectivity index (χ1n) is 9.72. The van der Waals surface area contributed by atoms with Gasteiger partial charge in [0.1, 0.15) is 0 Å². The van der Waals surface area contributed by atoms with Crippen LogP contribution in [0.25, 0.3) is 0 Å². The van der Waals surface area contributed by atoms with Crippen molar-refractivity contribution >= 4 is 28.1 Å². The van der Waals surface area contributed by atoms with Gasteiger partial charge in [-0.3, -0.25) is 4.79 Å². The molecule has 1 atom stereocenters. The smallest absolute Gasteiger partial charge is 0.244 e. The fourth-order valence-electron chi connectivity index (χ4n) is 3.91. The summed E-state index contributed by atoms with van der Waals surface area (Å²) in [6, 6.07) is 24.8. The van der Waals surface area contributed by atoms with Crippen molar-refractivity contribution < 1.29 is 4.79 Å². The van der Waals surface area contributed by atoms with E-state index in [2.05, 4.69) is 88.8 Å². The highest BCUT2D eigenvalue weighted by atomic mass is 79.9. The molecule has 0 saturated heterocycles. The number of nitrogens with zero attached hydrogens (tertiary/aromatic N) is 1. The van der Waals surface area contributed by atoms with Crippen LogP contribution in [0.2, 0.25) is 0 Å². The zero-order chi connectivity index (χ0) is 20.4. The minimum absolute atomic E-state index is 0.0468. The molecule has 0 radical (unpaired) electrons. The average molecular weight is 447 g/mol. The van der Waals surface area contributed by atoms with Crippen LogP contribution < -0.4 is 5.43 Å². The van der Waals surface area contributed by atoms with Crippen molar-refractivity contribution in [3.05, 3.63) is 105 Å². The zero-order valence-electron chi connectivity index (χ0n) is 16.5. The van der Waals surface area contributed by atoms with Crippen LogP contribution in [-0.2, 0) is 10.2 Å². The zero-order valence-corrected chi connectivity index (χ0v) is 18.1. The number of benzene rings is 3. The van der Waals surface area contributed by atoms with E-state index < -0.39 is 0 Å². The number of carbonyl (C=O) groups excluding carboxylic acids is 1. The van der Waals surface area contributed by atoms with Crippen molar-refractivity contribution in [3.63, 3.8) is 0 Å². The number of hydrogen-bond donors (Lipinski definition) is 1. The Balaban J connectivity index is 1.58. The molecule has 1 saturated carbocycles. The van der Waals surface area contributed by atoms with Gasteiger partial charge in [0.25, 0.3) is 0 Å². The van der Waals surface area contributed by atoms with E-state index in [1.807, 2.05) is 24.3 Å². The van der Waals surface area contributed by atoms with Gasteiger partial charge < -0.3 is 0 Å². The van der Waals surface area contributed by atoms with E-state index >= 15 is 0 Å². The fourth-order valence-corrected chi connectivity index (χ4v) is 4.30. The highest BCUT2D eigenvalue weighted by Crippen LogP contribution is 2.59. The van der Waals surface area contributed by atoms with Crippen molar-refractivity contribution in [1.82, 2.24) is 5.43 Å². The predicted molar refractivity (Wildman–Crippen MR) is 121 cm³/mol. The molecule has 1 N–H and O–H groups in total. The SMILES string of the molecule is Cc1ccc(C2(c3ccc(C)cc3)CC2C(=O)NN=Cc2ccccc2Br)cc1. The Morgan fingerprint density at radius 2 is 1.52 bits per heavy atom. The number of hydrazone groups is 1. The van der Waals surface area contributed by atoms with Crippen LogP contribution >= 0.6 is 15.9 Å². The minimum Gasteiger partial charge on any atom is -0.273 e. The van der Waals surface area contributed by atoms with Crippen molar-refractivity contribution in [2.24, 2.45) is 11.0 Å². The number of aryl methyl sites for hydroxylation is 2. The lowest BCUT2D eigenvalue weighted by Crippen LogP contribution is -2.25. The molecular formula is C25H23BrN2O. The maximum Gasteiger partial charge on any atom is 0.244 e. The molecule has 29 heavy (non-hydrogen) atoms. The Morgan fingerprint density at radius 1 is 0.966 bits per heavy atom. The second kappa shape index (κ2) is 7.96. The Hall–Kier alpha value is -2.72. The number of hydrogen-bond acceptors (Lipinski definition) is 2. The van der Waals surface area contributed by atoms with Crippen molar-refractivity contribution in [1.29, 1.82) is 0 Å². The molecule has 1 aliphatic rings. The molecule has 4 heteroatoms. The van der Waals surface area contributed by atoms with Crippen molar-refractivity contribution in [2.75, 3.05) is 0 Å². The summed E-state index contributed by atoms with van der Waals surface area (Å²) in [6.07, 6.45) is 2.46. The second-order valence-electron chi connectivity index (χ2n) is 7.72. The van der Waals surface area contributed by atoms with E-state index in [1.54, 1.807) is 6.21 Å². The second-order valence-corrected chi connectivity index (χ2v) is 8.57. The molecule has 0 heterocycles. The van der Waals surface area contributed by atoms with Crippen LogP contribution in [0, 0.1) is 19.8 Å². The van der Waals surface area contributed by atoms with E-state index in [-0.39, 0.29) is 17.2 Å². The van der Waals surface area contributed by atoms with Gasteiger partial charge in [-0.25, -0.2) is 5.43 Å². The molecule has 1 fully saturated rings. The molecule has 0 aromatic heterocycles. The summed E-state index contributed by atoms with van der Waals surface area (Å²) in [4.78, 5) is 12.9. The average Bonchev–Trinajstić information content (AvgIpc) is 3.47. The van der Waals surface area contributed by atoms with Gasteiger partial charge in [0, 0.05) is 15.5 Å². The first kappa shape index (κ1) is 19.6. The lowest BCUT2D eigenvalue weighted by atomic mass is 9.85. The maximum atomic E-state index is 12.9. The molecule has 1 aliphatic carbocycles. The highest BCUT2D eigenvalue weighted by molar-refractivity contribution is 9.10. The molecule has 3 aromatic carbocycles. The lowest BCUT2D eigenvalue weighted by Gasteiger charge is -2.19. The first-order chi connectivity index (χ1) is 14.0. The molecule has 0 bridgehead atoms. The molecular weight excluding hydrogens is 424 g/mol.